The molecule has 4 aliphatic carbocycles. The Morgan fingerprint density at radius 1 is 0.403 bits per heavy atom. The van der Waals surface area contributed by atoms with Gasteiger partial charge >= 0.3 is 11.9 Å². The van der Waals surface area contributed by atoms with Crippen LogP contribution in [0.2, 0.25) is 36.3 Å². The highest BCUT2D eigenvalue weighted by Gasteiger charge is 2.50. The minimum Gasteiger partial charge on any atom is -0.463 e. The maximum absolute atomic E-state index is 12.6. The van der Waals surface area contributed by atoms with E-state index in [-0.39, 0.29) is 142 Å². The molecule has 2 saturated carbocycles. The number of ether oxygens (including phenoxy) is 9. The first-order chi connectivity index (χ1) is 31.9. The summed E-state index contributed by atoms with van der Waals surface area (Å²) < 4.78 is 65.7. The highest BCUT2D eigenvalue weighted by Crippen LogP contribution is 2.55. The summed E-state index contributed by atoms with van der Waals surface area (Å²) in [7, 11) is -3.72. The Kier molecular flexibility index (Phi) is 52.8. The largest absolute Gasteiger partial charge is 0.463 e. The normalized spacial score (nSPS) is 20.2. The molecule has 0 aliphatic heterocycles. The summed E-state index contributed by atoms with van der Waals surface area (Å²) in [5.74, 6) is 15.8. The van der Waals surface area contributed by atoms with Crippen LogP contribution in [0.1, 0.15) is 180 Å². The van der Waals surface area contributed by atoms with E-state index < -0.39 is 22.7 Å². The number of carbonyl (C=O) groups excluding carboxylic acids is 2. The lowest BCUT2D eigenvalue weighted by molar-refractivity contribution is -0.146. The Bertz CT molecular complexity index is 1430. The van der Waals surface area contributed by atoms with Crippen molar-refractivity contribution in [2.75, 3.05) is 106 Å². The number of fused-ring (bicyclic) bond motifs is 2. The molecule has 0 aromatic carbocycles. The fourth-order valence-electron chi connectivity index (χ4n) is 8.55. The van der Waals surface area contributed by atoms with Crippen LogP contribution in [0.15, 0.2) is 0 Å². The molecule has 4 aliphatic rings. The standard InChI is InChI=1S/C52H90O13Si2.10CH4/c1-51(2,3)66(7,8)64-33-27-58-39-42(40-59-28-34-65-67(9,10)52(4,5)6)61-30-24-55-23-29-60-41(37-56-25-31-62-49(53)35-47-43-19-15-11-12-16-20-44(43)47)38-57-26-32-63-50(54)36-48-45-21-17-13-14-18-22-46(45)48;;;;;;;;;;/h41-48H,15-40H2,1-10H3;10*1H4. The maximum Gasteiger partial charge on any atom is 0.306 e. The Hall–Kier alpha value is -1.87. The summed E-state index contributed by atoms with van der Waals surface area (Å²) in [5, 5.41) is 0.272. The minimum atomic E-state index is -1.86. The second kappa shape index (κ2) is 45.7. The lowest BCUT2D eigenvalue weighted by atomic mass is 10.1. The van der Waals surface area contributed by atoms with E-state index in [1.54, 1.807) is 0 Å². The van der Waals surface area contributed by atoms with Crippen LogP contribution in [0.3, 0.4) is 0 Å². The Morgan fingerprint density at radius 2 is 0.662 bits per heavy atom. The SMILES string of the molecule is C.C.C.C.C.C.C.C.C.C.CC(C)(C)[Si](C)(C)OCCOCC(COCCO[Si](C)(C)C(C)(C)C)OCCOCCOC(COCCOC(=O)CC1C2CCC#CCCC21)COCCOC(=O)CC1C2CCC#CCCC21. The molecule has 77 heavy (non-hydrogen) atoms. The zero-order valence-electron chi connectivity index (χ0n) is 43.3. The molecule has 0 radical (unpaired) electrons. The number of rotatable bonds is 34. The zero-order valence-corrected chi connectivity index (χ0v) is 45.3. The quantitative estimate of drug-likeness (QED) is 0.0262. The van der Waals surface area contributed by atoms with E-state index in [9.17, 15) is 9.59 Å². The first-order valence-electron chi connectivity index (χ1n) is 25.5. The molecule has 0 saturated heterocycles. The fourth-order valence-corrected chi connectivity index (χ4v) is 10.6. The summed E-state index contributed by atoms with van der Waals surface area (Å²) >= 11 is 0. The predicted octanol–water partition coefficient (Wildman–Crippen LogP) is 15.0. The number of hydrogen-bond acceptors (Lipinski definition) is 13. The van der Waals surface area contributed by atoms with Crippen LogP contribution in [0, 0.1) is 59.2 Å². The summed E-state index contributed by atoms with van der Waals surface area (Å²) in [6.45, 7) is 27.9. The molecule has 0 heterocycles. The third kappa shape index (κ3) is 34.2. The average molecular weight is 1140 g/mol. The first-order valence-corrected chi connectivity index (χ1v) is 31.3. The monoisotopic (exact) mass is 1140 g/mol. The van der Waals surface area contributed by atoms with Gasteiger partial charge in [-0.1, -0.05) is 116 Å². The van der Waals surface area contributed by atoms with E-state index in [4.69, 9.17) is 51.5 Å². The molecule has 0 bridgehead atoms. The van der Waals surface area contributed by atoms with Crippen LogP contribution < -0.4 is 0 Å². The van der Waals surface area contributed by atoms with Gasteiger partial charge in [0.2, 0.25) is 0 Å². The van der Waals surface area contributed by atoms with Gasteiger partial charge in [0.05, 0.1) is 92.5 Å². The van der Waals surface area contributed by atoms with Crippen LogP contribution in [-0.2, 0) is 61.1 Å². The smallest absolute Gasteiger partial charge is 0.306 e. The summed E-state index contributed by atoms with van der Waals surface area (Å²) in [4.78, 5) is 25.2. The summed E-state index contributed by atoms with van der Waals surface area (Å²) in [6.07, 6.45) is 8.26. The molecule has 13 nitrogen and oxygen atoms in total. The van der Waals surface area contributed by atoms with E-state index >= 15 is 0 Å². The van der Waals surface area contributed by atoms with Crippen LogP contribution in [0.25, 0.3) is 0 Å². The second-order valence-electron chi connectivity index (χ2n) is 21.8. The van der Waals surface area contributed by atoms with Gasteiger partial charge in [0, 0.05) is 38.5 Å². The molecule has 2 fully saturated rings. The van der Waals surface area contributed by atoms with Crippen LogP contribution in [-0.4, -0.2) is 146 Å². The highest BCUT2D eigenvalue weighted by molar-refractivity contribution is 6.74. The Morgan fingerprint density at radius 3 is 0.935 bits per heavy atom. The molecule has 0 aromatic rings. The molecule has 4 atom stereocenters. The molecule has 0 aromatic heterocycles. The van der Waals surface area contributed by atoms with E-state index in [2.05, 4.69) is 91.4 Å². The molecular weight excluding hydrogens is 1010 g/mol. The molecule has 4 unspecified atom stereocenters. The number of hydrogen-bond donors (Lipinski definition) is 0. The molecule has 4 rings (SSSR count). The van der Waals surface area contributed by atoms with Crippen molar-refractivity contribution >= 4 is 28.6 Å². The van der Waals surface area contributed by atoms with Crippen molar-refractivity contribution in [1.82, 2.24) is 0 Å². The van der Waals surface area contributed by atoms with Crippen molar-refractivity contribution in [2.24, 2.45) is 35.5 Å². The van der Waals surface area contributed by atoms with Gasteiger partial charge in [-0.25, -0.2) is 0 Å². The molecule has 0 N–H and O–H groups in total. The van der Waals surface area contributed by atoms with Gasteiger partial charge < -0.3 is 51.5 Å². The maximum atomic E-state index is 12.6. The van der Waals surface area contributed by atoms with Crippen LogP contribution in [0.5, 0.6) is 0 Å². The molecule has 0 amide bonds. The van der Waals surface area contributed by atoms with Crippen molar-refractivity contribution in [3.63, 3.8) is 0 Å². The van der Waals surface area contributed by atoms with Crippen molar-refractivity contribution in [2.45, 2.75) is 228 Å². The Balaban J connectivity index is -0.000000980. The first kappa shape index (κ1) is 88.9. The Labute approximate surface area is 481 Å². The lowest BCUT2D eigenvalue weighted by Gasteiger charge is -2.36. The third-order valence-electron chi connectivity index (χ3n) is 14.8. The van der Waals surface area contributed by atoms with E-state index in [1.165, 1.54) is 0 Å². The van der Waals surface area contributed by atoms with Crippen molar-refractivity contribution in [3.05, 3.63) is 0 Å². The predicted molar refractivity (Wildman–Crippen MR) is 332 cm³/mol. The topological polar surface area (TPSA) is 136 Å². The minimum absolute atomic E-state index is 0. The fraction of sp³-hybridized carbons (Fsp3) is 0.903. The van der Waals surface area contributed by atoms with E-state index in [1.807, 2.05) is 0 Å². The number of carbonyl (C=O) groups is 2. The van der Waals surface area contributed by atoms with Gasteiger partial charge in [-0.3, -0.25) is 9.59 Å². The van der Waals surface area contributed by atoms with Gasteiger partial charge in [-0.05, 0) is 97.5 Å². The van der Waals surface area contributed by atoms with Crippen molar-refractivity contribution < 1.29 is 61.1 Å². The van der Waals surface area contributed by atoms with E-state index in [0.29, 0.717) is 114 Å². The lowest BCUT2D eigenvalue weighted by Crippen LogP contribution is -2.42. The third-order valence-corrected chi connectivity index (χ3v) is 23.9. The molecule has 0 spiro atoms. The summed E-state index contributed by atoms with van der Waals surface area (Å²) in [6, 6.07) is 0. The summed E-state index contributed by atoms with van der Waals surface area (Å²) in [5.41, 5.74) is 0. The van der Waals surface area contributed by atoms with Crippen molar-refractivity contribution in [1.29, 1.82) is 0 Å². The highest BCUT2D eigenvalue weighted by atomic mass is 28.4. The average Bonchev–Trinajstić information content (AvgIpc) is 4.08. The van der Waals surface area contributed by atoms with Gasteiger partial charge in [0.15, 0.2) is 16.6 Å². The second-order valence-corrected chi connectivity index (χ2v) is 31.4. The van der Waals surface area contributed by atoms with Crippen LogP contribution >= 0.6 is 0 Å². The van der Waals surface area contributed by atoms with Gasteiger partial charge in [-0.2, -0.15) is 0 Å². The number of esters is 2. The van der Waals surface area contributed by atoms with E-state index in [0.717, 1.165) is 51.4 Å². The molecule has 464 valence electrons. The van der Waals surface area contributed by atoms with Gasteiger partial charge in [-0.15, -0.1) is 23.7 Å². The van der Waals surface area contributed by atoms with Crippen LogP contribution in [0.4, 0.5) is 0 Å². The zero-order chi connectivity index (χ0) is 48.8. The van der Waals surface area contributed by atoms with Crippen molar-refractivity contribution in [3.8, 4) is 23.7 Å². The molecular formula is C62H130O13Si2. The van der Waals surface area contributed by atoms with Gasteiger partial charge in [0.25, 0.3) is 0 Å². The van der Waals surface area contributed by atoms with Gasteiger partial charge in [0.1, 0.15) is 25.4 Å². The molecule has 15 heteroatoms.